The van der Waals surface area contributed by atoms with Gasteiger partial charge in [-0.2, -0.15) is 0 Å². The number of carbonyl (C=O) groups excluding carboxylic acids is 2. The van der Waals surface area contributed by atoms with Gasteiger partial charge in [-0.3, -0.25) is 4.79 Å². The molecule has 6 nitrogen and oxygen atoms in total. The number of nitrogens with zero attached hydrogens (tertiary/aromatic N) is 2. The molecule has 0 N–H and O–H groups in total. The second-order valence-electron chi connectivity index (χ2n) is 5.54. The Hall–Kier alpha value is -2.08. The first kappa shape index (κ1) is 17.3. The Bertz CT molecular complexity index is 507. The summed E-state index contributed by atoms with van der Waals surface area (Å²) in [5.41, 5.74) is 0. The van der Waals surface area contributed by atoms with Crippen molar-refractivity contribution in [1.29, 1.82) is 0 Å². The molecule has 0 bridgehead atoms. The van der Waals surface area contributed by atoms with E-state index in [1.54, 1.807) is 17.0 Å². The molecule has 0 aromatic heterocycles. The van der Waals surface area contributed by atoms with Crippen molar-refractivity contribution in [3.8, 4) is 5.75 Å². The quantitative estimate of drug-likeness (QED) is 0.778. The molecule has 23 heavy (non-hydrogen) atoms. The maximum atomic E-state index is 12.2. The van der Waals surface area contributed by atoms with Gasteiger partial charge in [-0.15, -0.1) is 0 Å². The molecule has 1 saturated heterocycles. The second-order valence-corrected chi connectivity index (χ2v) is 5.54. The molecular weight excluding hydrogens is 296 g/mol. The van der Waals surface area contributed by atoms with Crippen LogP contribution in [-0.4, -0.2) is 61.7 Å². The predicted molar refractivity (Wildman–Crippen MR) is 86.3 cm³/mol. The van der Waals surface area contributed by atoms with Crippen LogP contribution in [-0.2, 0) is 9.53 Å². The van der Waals surface area contributed by atoms with Gasteiger partial charge in [-0.25, -0.2) is 4.79 Å². The first-order valence-electron chi connectivity index (χ1n) is 8.00. The zero-order chi connectivity index (χ0) is 16.5. The maximum Gasteiger partial charge on any atom is 0.415 e. The molecule has 6 heteroatoms. The summed E-state index contributed by atoms with van der Waals surface area (Å²) in [6.45, 7) is 3.90. The summed E-state index contributed by atoms with van der Waals surface area (Å²) in [5, 5.41) is 0. The number of amides is 1. The minimum Gasteiger partial charge on any atom is -0.469 e. The third-order valence-electron chi connectivity index (χ3n) is 3.88. The van der Waals surface area contributed by atoms with E-state index in [9.17, 15) is 9.59 Å². The Morgan fingerprint density at radius 2 is 1.87 bits per heavy atom. The Morgan fingerprint density at radius 1 is 1.09 bits per heavy atom. The van der Waals surface area contributed by atoms with Gasteiger partial charge in [0, 0.05) is 26.1 Å². The first-order valence-corrected chi connectivity index (χ1v) is 8.00. The number of ether oxygens (including phenoxy) is 2. The number of esters is 1. The summed E-state index contributed by atoms with van der Waals surface area (Å²) in [4.78, 5) is 27.3. The average Bonchev–Trinajstić information content (AvgIpc) is 2.81. The van der Waals surface area contributed by atoms with Crippen molar-refractivity contribution in [3.05, 3.63) is 30.3 Å². The number of methoxy groups -OCH3 is 1. The van der Waals surface area contributed by atoms with Crippen molar-refractivity contribution in [1.82, 2.24) is 9.80 Å². The highest BCUT2D eigenvalue weighted by molar-refractivity contribution is 5.70. The van der Waals surface area contributed by atoms with Gasteiger partial charge in [0.15, 0.2) is 0 Å². The van der Waals surface area contributed by atoms with Crippen LogP contribution in [0.4, 0.5) is 4.79 Å². The molecule has 0 unspecified atom stereocenters. The highest BCUT2D eigenvalue weighted by Gasteiger charge is 2.20. The number of benzene rings is 1. The fraction of sp³-hybridized carbons (Fsp3) is 0.529. The van der Waals surface area contributed by atoms with Gasteiger partial charge < -0.3 is 19.3 Å². The van der Waals surface area contributed by atoms with Crippen LogP contribution in [0.25, 0.3) is 0 Å². The van der Waals surface area contributed by atoms with Crippen molar-refractivity contribution in [2.24, 2.45) is 0 Å². The standard InChI is InChI=1S/C17H24N2O4/c1-22-16(20)9-5-10-18-11-6-12-19(14-13-18)17(21)23-15-7-3-2-4-8-15/h2-4,7-8H,5-6,9-14H2,1H3. The number of para-hydroxylation sites is 1. The molecule has 1 aromatic carbocycles. The summed E-state index contributed by atoms with van der Waals surface area (Å²) < 4.78 is 10.0. The van der Waals surface area contributed by atoms with Crippen molar-refractivity contribution >= 4 is 12.1 Å². The van der Waals surface area contributed by atoms with Gasteiger partial charge in [-0.05, 0) is 38.1 Å². The molecule has 1 heterocycles. The minimum absolute atomic E-state index is 0.173. The molecule has 0 saturated carbocycles. The van der Waals surface area contributed by atoms with E-state index in [4.69, 9.17) is 4.74 Å². The van der Waals surface area contributed by atoms with Crippen LogP contribution in [0.2, 0.25) is 0 Å². The monoisotopic (exact) mass is 320 g/mol. The Labute approximate surface area is 137 Å². The summed E-state index contributed by atoms with van der Waals surface area (Å²) in [7, 11) is 1.41. The number of hydrogen-bond acceptors (Lipinski definition) is 5. The molecule has 0 spiro atoms. The zero-order valence-electron chi connectivity index (χ0n) is 13.6. The average molecular weight is 320 g/mol. The Kier molecular flexibility index (Phi) is 6.87. The number of hydrogen-bond donors (Lipinski definition) is 0. The lowest BCUT2D eigenvalue weighted by Gasteiger charge is -2.21. The molecule has 126 valence electrons. The SMILES string of the molecule is COC(=O)CCCN1CCCN(C(=O)Oc2ccccc2)CC1. The highest BCUT2D eigenvalue weighted by Crippen LogP contribution is 2.12. The van der Waals surface area contributed by atoms with E-state index in [1.807, 2.05) is 18.2 Å². The topological polar surface area (TPSA) is 59.1 Å². The van der Waals surface area contributed by atoms with E-state index in [2.05, 4.69) is 9.64 Å². The van der Waals surface area contributed by atoms with Crippen LogP contribution in [0.3, 0.4) is 0 Å². The molecule has 0 atom stereocenters. The first-order chi connectivity index (χ1) is 11.2. The Balaban J connectivity index is 1.74. The van der Waals surface area contributed by atoms with Crippen LogP contribution in [0.15, 0.2) is 30.3 Å². The van der Waals surface area contributed by atoms with Crippen molar-refractivity contribution in [2.45, 2.75) is 19.3 Å². The molecule has 1 aliphatic rings. The fourth-order valence-corrected chi connectivity index (χ4v) is 2.58. The van der Waals surface area contributed by atoms with E-state index in [0.717, 1.165) is 32.5 Å². The largest absolute Gasteiger partial charge is 0.469 e. The second kappa shape index (κ2) is 9.15. The Morgan fingerprint density at radius 3 is 2.61 bits per heavy atom. The number of rotatable bonds is 5. The smallest absolute Gasteiger partial charge is 0.415 e. The molecule has 1 fully saturated rings. The van der Waals surface area contributed by atoms with Crippen molar-refractivity contribution in [2.75, 3.05) is 39.8 Å². The van der Waals surface area contributed by atoms with Gasteiger partial charge in [0.05, 0.1) is 7.11 Å². The third-order valence-corrected chi connectivity index (χ3v) is 3.88. The van der Waals surface area contributed by atoms with Gasteiger partial charge >= 0.3 is 12.1 Å². The molecule has 2 rings (SSSR count). The van der Waals surface area contributed by atoms with Gasteiger partial charge in [-0.1, -0.05) is 18.2 Å². The predicted octanol–water partition coefficient (Wildman–Crippen LogP) is 2.15. The van der Waals surface area contributed by atoms with Crippen LogP contribution in [0.5, 0.6) is 5.75 Å². The van der Waals surface area contributed by atoms with Crippen molar-refractivity contribution in [3.63, 3.8) is 0 Å². The summed E-state index contributed by atoms with van der Waals surface area (Å²) in [6, 6.07) is 9.11. The lowest BCUT2D eigenvalue weighted by molar-refractivity contribution is -0.140. The van der Waals surface area contributed by atoms with E-state index >= 15 is 0 Å². The summed E-state index contributed by atoms with van der Waals surface area (Å²) in [6.07, 6.45) is 1.82. The molecule has 0 radical (unpaired) electrons. The van der Waals surface area contributed by atoms with E-state index in [1.165, 1.54) is 7.11 Å². The lowest BCUT2D eigenvalue weighted by Crippen LogP contribution is -2.37. The van der Waals surface area contributed by atoms with E-state index < -0.39 is 0 Å². The minimum atomic E-state index is -0.299. The van der Waals surface area contributed by atoms with E-state index in [0.29, 0.717) is 25.3 Å². The normalized spacial score (nSPS) is 15.8. The van der Waals surface area contributed by atoms with E-state index in [-0.39, 0.29) is 12.1 Å². The molecule has 1 aromatic rings. The van der Waals surface area contributed by atoms with Crippen LogP contribution >= 0.6 is 0 Å². The van der Waals surface area contributed by atoms with Crippen LogP contribution < -0.4 is 4.74 Å². The van der Waals surface area contributed by atoms with Gasteiger partial charge in [0.2, 0.25) is 0 Å². The maximum absolute atomic E-state index is 12.2. The molecular formula is C17H24N2O4. The van der Waals surface area contributed by atoms with Crippen molar-refractivity contribution < 1.29 is 19.1 Å². The third kappa shape index (κ3) is 5.90. The summed E-state index contributed by atoms with van der Waals surface area (Å²) >= 11 is 0. The van der Waals surface area contributed by atoms with Gasteiger partial charge in [0.25, 0.3) is 0 Å². The lowest BCUT2D eigenvalue weighted by atomic mass is 10.3. The van der Waals surface area contributed by atoms with Crippen LogP contribution in [0, 0.1) is 0 Å². The highest BCUT2D eigenvalue weighted by atomic mass is 16.6. The summed E-state index contributed by atoms with van der Waals surface area (Å²) in [5.74, 6) is 0.393. The fourth-order valence-electron chi connectivity index (χ4n) is 2.58. The van der Waals surface area contributed by atoms with Crippen LogP contribution in [0.1, 0.15) is 19.3 Å². The van der Waals surface area contributed by atoms with Gasteiger partial charge in [0.1, 0.15) is 5.75 Å². The zero-order valence-corrected chi connectivity index (χ0v) is 13.6. The molecule has 0 aliphatic carbocycles. The molecule has 1 aliphatic heterocycles. The number of carbonyl (C=O) groups is 2. The molecule has 1 amide bonds.